The van der Waals surface area contributed by atoms with E-state index < -0.39 is 90.9 Å². The Balaban J connectivity index is 1.15. The molecule has 6 rings (SSSR count). The van der Waals surface area contributed by atoms with Gasteiger partial charge in [-0.15, -0.1) is 0 Å². The van der Waals surface area contributed by atoms with Crippen molar-refractivity contribution < 1.29 is 65.9 Å². The Morgan fingerprint density at radius 2 is 1.71 bits per heavy atom. The predicted molar refractivity (Wildman–Crippen MR) is 200 cm³/mol. The fourth-order valence-electron chi connectivity index (χ4n) is 7.61. The first-order valence-corrected chi connectivity index (χ1v) is 19.2. The van der Waals surface area contributed by atoms with Gasteiger partial charge in [-0.2, -0.15) is 13.2 Å². The molecule has 13 nitrogen and oxygen atoms in total. The highest BCUT2D eigenvalue weighted by molar-refractivity contribution is 5.98. The van der Waals surface area contributed by atoms with E-state index in [1.807, 2.05) is 24.3 Å². The summed E-state index contributed by atoms with van der Waals surface area (Å²) in [5, 5.41) is 12.8. The van der Waals surface area contributed by atoms with Crippen molar-refractivity contribution in [3.05, 3.63) is 88.5 Å². The summed E-state index contributed by atoms with van der Waals surface area (Å²) in [6, 6.07) is 12.0. The summed E-state index contributed by atoms with van der Waals surface area (Å²) < 4.78 is 65.7. The first-order valence-electron chi connectivity index (χ1n) is 19.2. The molecule has 58 heavy (non-hydrogen) atoms. The Morgan fingerprint density at radius 1 is 1.02 bits per heavy atom. The smallest absolute Gasteiger partial charge is 0.422 e. The zero-order valence-electron chi connectivity index (χ0n) is 32.4. The summed E-state index contributed by atoms with van der Waals surface area (Å²) in [5.41, 5.74) is 2.23. The molecular weight excluding hydrogens is 765 g/mol. The van der Waals surface area contributed by atoms with Crippen molar-refractivity contribution >= 4 is 35.8 Å². The number of hydrogen-bond donors (Lipinski definition) is 2. The van der Waals surface area contributed by atoms with E-state index in [1.165, 1.54) is 35.2 Å². The van der Waals surface area contributed by atoms with Crippen LogP contribution in [0.3, 0.4) is 0 Å². The third kappa shape index (κ3) is 10.7. The normalized spacial score (nSPS) is 22.9. The standard InChI is InChI=1S/C42H47F3N2O11/c1-40(2,3)57-35(50)17-15-30(23-48)46-37(51)31-9-6-18-47(31)38(52)29-19-32(36-33(20-29)56-41(58-36)21-27-7-4-5-8-28(27)22-41)55-39(53)26-13-10-25(11-14-26)12-16-34(49)54-24-42(43,44)45/h4-5,7-8,10-14,16,20,30-33,36,48H,6,9,15,17-19,21-24H2,1-3H3,(H,46,51)/t30-,31+,32+,33+,36-/m0/s1. The molecule has 0 unspecified atom stereocenters. The van der Waals surface area contributed by atoms with E-state index in [9.17, 15) is 42.3 Å². The Labute approximate surface area is 333 Å². The number of fused-ring (bicyclic) bond motifs is 2. The number of nitrogens with one attached hydrogen (secondary N) is 1. The van der Waals surface area contributed by atoms with Crippen molar-refractivity contribution in [1.82, 2.24) is 10.2 Å². The van der Waals surface area contributed by atoms with Crippen LogP contribution in [0.25, 0.3) is 6.08 Å². The van der Waals surface area contributed by atoms with Crippen molar-refractivity contribution in [3.63, 3.8) is 0 Å². The monoisotopic (exact) mass is 812 g/mol. The fraction of sp³-hybridized carbons (Fsp3) is 0.500. The molecule has 2 heterocycles. The molecule has 2 N–H and O–H groups in total. The highest BCUT2D eigenvalue weighted by Gasteiger charge is 2.55. The van der Waals surface area contributed by atoms with E-state index >= 15 is 0 Å². The first kappa shape index (κ1) is 42.5. The number of aliphatic hydroxyl groups excluding tert-OH is 1. The van der Waals surface area contributed by atoms with Crippen LogP contribution in [0.1, 0.15) is 79.9 Å². The number of amides is 2. The molecule has 0 radical (unpaired) electrons. The van der Waals surface area contributed by atoms with E-state index in [0.29, 0.717) is 31.2 Å². The third-order valence-corrected chi connectivity index (χ3v) is 10.2. The first-order chi connectivity index (χ1) is 27.4. The molecule has 312 valence electrons. The van der Waals surface area contributed by atoms with Gasteiger partial charge < -0.3 is 39.0 Å². The third-order valence-electron chi connectivity index (χ3n) is 10.2. The number of nitrogens with zero attached hydrogens (tertiary/aromatic N) is 1. The molecule has 0 bridgehead atoms. The summed E-state index contributed by atoms with van der Waals surface area (Å²) in [4.78, 5) is 66.8. The van der Waals surface area contributed by atoms with E-state index in [1.54, 1.807) is 26.8 Å². The highest BCUT2D eigenvalue weighted by Crippen LogP contribution is 2.45. The molecule has 1 spiro atoms. The lowest BCUT2D eigenvalue weighted by molar-refractivity contribution is -0.182. The van der Waals surface area contributed by atoms with Crippen molar-refractivity contribution in [1.29, 1.82) is 0 Å². The summed E-state index contributed by atoms with van der Waals surface area (Å²) in [6.07, 6.45) is -1.53. The Hall–Kier alpha value is -5.06. The molecule has 2 amide bonds. The van der Waals surface area contributed by atoms with Gasteiger partial charge in [0.15, 0.2) is 12.4 Å². The molecule has 2 fully saturated rings. The van der Waals surface area contributed by atoms with Gasteiger partial charge in [0.1, 0.15) is 30.0 Å². The van der Waals surface area contributed by atoms with Crippen LogP contribution in [0.4, 0.5) is 13.2 Å². The molecule has 2 aliphatic carbocycles. The second kappa shape index (κ2) is 17.4. The molecule has 4 aliphatic rings. The Morgan fingerprint density at radius 3 is 2.34 bits per heavy atom. The SMILES string of the molecule is CC(C)(C)OC(=O)CC[C@@H](CO)NC(=O)[C@H]1CCCN1C(=O)C1=C[C@H]2OC3(Cc4ccccc4C3)O[C@H]2[C@H](OC(=O)c2ccc(C=CC(=O)OCC(F)(F)F)cc2)C1. The number of carbonyl (C=O) groups is 5. The number of halogens is 3. The minimum Gasteiger partial charge on any atom is -0.460 e. The maximum absolute atomic E-state index is 14.3. The maximum atomic E-state index is 14.3. The van der Waals surface area contributed by atoms with E-state index in [0.717, 1.165) is 17.2 Å². The van der Waals surface area contributed by atoms with Gasteiger partial charge in [-0.1, -0.05) is 36.4 Å². The number of esters is 3. The zero-order valence-corrected chi connectivity index (χ0v) is 32.4. The van der Waals surface area contributed by atoms with Crippen LogP contribution in [0.5, 0.6) is 0 Å². The van der Waals surface area contributed by atoms with Crippen LogP contribution < -0.4 is 5.32 Å². The number of hydrogen-bond acceptors (Lipinski definition) is 11. The van der Waals surface area contributed by atoms with Crippen LogP contribution in [0.15, 0.2) is 66.3 Å². The number of carbonyl (C=O) groups excluding carboxylic acids is 5. The molecular formula is C42H47F3N2O11. The molecule has 2 aromatic carbocycles. The summed E-state index contributed by atoms with van der Waals surface area (Å²) in [7, 11) is 0. The molecule has 2 saturated heterocycles. The Kier molecular flexibility index (Phi) is 12.8. The van der Waals surface area contributed by atoms with Crippen LogP contribution in [0.2, 0.25) is 0 Å². The minimum absolute atomic E-state index is 0.0216. The van der Waals surface area contributed by atoms with Gasteiger partial charge in [0.05, 0.1) is 18.2 Å². The van der Waals surface area contributed by atoms with Gasteiger partial charge in [-0.05, 0) is 81.0 Å². The molecule has 0 aromatic heterocycles. The highest BCUT2D eigenvalue weighted by atomic mass is 19.4. The summed E-state index contributed by atoms with van der Waals surface area (Å²) in [6.45, 7) is 3.38. The van der Waals surface area contributed by atoms with Gasteiger partial charge >= 0.3 is 24.1 Å². The molecule has 5 atom stereocenters. The Bertz CT molecular complexity index is 1910. The van der Waals surface area contributed by atoms with Gasteiger partial charge in [0, 0.05) is 43.9 Å². The van der Waals surface area contributed by atoms with E-state index in [-0.39, 0.29) is 36.9 Å². The average molecular weight is 813 g/mol. The number of alkyl halides is 3. The molecule has 2 aliphatic heterocycles. The van der Waals surface area contributed by atoms with Crippen LogP contribution >= 0.6 is 0 Å². The zero-order chi connectivity index (χ0) is 41.8. The van der Waals surface area contributed by atoms with E-state index in [4.69, 9.17) is 18.9 Å². The maximum Gasteiger partial charge on any atom is 0.422 e. The quantitative estimate of drug-likeness (QED) is 0.176. The number of likely N-dealkylation sites (tertiary alicyclic amines) is 1. The second-order valence-electron chi connectivity index (χ2n) is 15.9. The summed E-state index contributed by atoms with van der Waals surface area (Å²) >= 11 is 0. The topological polar surface area (TPSA) is 167 Å². The number of ether oxygens (including phenoxy) is 5. The second-order valence-corrected chi connectivity index (χ2v) is 15.9. The fourth-order valence-corrected chi connectivity index (χ4v) is 7.61. The van der Waals surface area contributed by atoms with Gasteiger partial charge in [-0.25, -0.2) is 9.59 Å². The summed E-state index contributed by atoms with van der Waals surface area (Å²) in [5.74, 6) is -4.34. The lowest BCUT2D eigenvalue weighted by Crippen LogP contribution is -2.51. The molecule has 2 aromatic rings. The van der Waals surface area contributed by atoms with E-state index in [2.05, 4.69) is 10.1 Å². The lowest BCUT2D eigenvalue weighted by Gasteiger charge is -2.33. The van der Waals surface area contributed by atoms with Crippen LogP contribution in [-0.4, -0.2) is 107 Å². The number of aliphatic hydroxyl groups is 1. The van der Waals surface area contributed by atoms with Gasteiger partial charge in [-0.3, -0.25) is 14.4 Å². The lowest BCUT2D eigenvalue weighted by atomic mass is 9.91. The average Bonchev–Trinajstić information content (AvgIpc) is 3.89. The van der Waals surface area contributed by atoms with Crippen LogP contribution in [0, 0.1) is 0 Å². The van der Waals surface area contributed by atoms with Crippen molar-refractivity contribution in [2.75, 3.05) is 19.8 Å². The van der Waals surface area contributed by atoms with Crippen molar-refractivity contribution in [2.24, 2.45) is 0 Å². The molecule has 16 heteroatoms. The van der Waals surface area contributed by atoms with Crippen molar-refractivity contribution in [2.45, 2.75) is 114 Å². The molecule has 0 saturated carbocycles. The number of rotatable bonds is 12. The van der Waals surface area contributed by atoms with Crippen LogP contribution in [-0.2, 0) is 55.7 Å². The number of benzene rings is 2. The predicted octanol–water partition coefficient (Wildman–Crippen LogP) is 4.53. The minimum atomic E-state index is -4.66. The van der Waals surface area contributed by atoms with Crippen molar-refractivity contribution in [3.8, 4) is 0 Å². The largest absolute Gasteiger partial charge is 0.460 e. The van der Waals surface area contributed by atoms with Gasteiger partial charge in [0.25, 0.3) is 0 Å². The van der Waals surface area contributed by atoms with Gasteiger partial charge in [0.2, 0.25) is 11.8 Å².